The second-order valence-electron chi connectivity index (χ2n) is 3.79. The molecule has 3 aromatic rings. The van der Waals surface area contributed by atoms with Crippen LogP contribution in [0.25, 0.3) is 22.8 Å². The van der Waals surface area contributed by atoms with Gasteiger partial charge in [-0.3, -0.25) is 4.98 Å². The quantitative estimate of drug-likeness (QED) is 0.764. The molecule has 0 amide bonds. The van der Waals surface area contributed by atoms with Gasteiger partial charge in [0.25, 0.3) is 5.89 Å². The molecule has 0 aliphatic carbocycles. The number of hydrogen-bond donors (Lipinski definition) is 1. The van der Waals surface area contributed by atoms with Gasteiger partial charge in [0.1, 0.15) is 0 Å². The molecule has 3 aromatic heterocycles. The van der Waals surface area contributed by atoms with Gasteiger partial charge in [0.2, 0.25) is 5.82 Å². The number of nitrogens with two attached hydrogens (primary N) is 1. The molecule has 2 N–H and O–H groups in total. The van der Waals surface area contributed by atoms with Crippen molar-refractivity contribution in [2.24, 2.45) is 0 Å². The first-order chi connectivity index (χ1) is 8.74. The van der Waals surface area contributed by atoms with Crippen molar-refractivity contribution in [1.82, 2.24) is 15.1 Å². The molecule has 3 rings (SSSR count). The fourth-order valence-corrected chi connectivity index (χ4v) is 2.43. The monoisotopic (exact) mass is 258 g/mol. The molecule has 0 spiro atoms. The Morgan fingerprint density at radius 3 is 2.72 bits per heavy atom. The van der Waals surface area contributed by atoms with Crippen LogP contribution in [0.2, 0.25) is 0 Å². The van der Waals surface area contributed by atoms with Gasteiger partial charge in [-0.1, -0.05) is 5.16 Å². The summed E-state index contributed by atoms with van der Waals surface area (Å²) >= 11 is 1.51. The van der Waals surface area contributed by atoms with E-state index in [1.807, 2.05) is 25.1 Å². The highest BCUT2D eigenvalue weighted by molar-refractivity contribution is 7.16. The standard InChI is InChI=1S/C12H10N4OS/c1-7-6-9(10(13)18-7)12-15-11(16-17-12)8-2-4-14-5-3-8/h2-6H,13H2,1H3. The lowest BCUT2D eigenvalue weighted by Gasteiger charge is -1.91. The van der Waals surface area contributed by atoms with Gasteiger partial charge in [-0.15, -0.1) is 11.3 Å². The zero-order valence-corrected chi connectivity index (χ0v) is 10.4. The highest BCUT2D eigenvalue weighted by atomic mass is 32.1. The van der Waals surface area contributed by atoms with E-state index in [2.05, 4.69) is 15.1 Å². The van der Waals surface area contributed by atoms with Crippen molar-refractivity contribution in [3.63, 3.8) is 0 Å². The third kappa shape index (κ3) is 1.86. The molecule has 0 aliphatic rings. The van der Waals surface area contributed by atoms with E-state index in [1.165, 1.54) is 11.3 Å². The molecule has 90 valence electrons. The van der Waals surface area contributed by atoms with Crippen LogP contribution in [0.4, 0.5) is 5.00 Å². The fourth-order valence-electron chi connectivity index (χ4n) is 1.65. The predicted molar refractivity (Wildman–Crippen MR) is 70.0 cm³/mol. The van der Waals surface area contributed by atoms with Crippen LogP contribution in [0.1, 0.15) is 4.88 Å². The van der Waals surface area contributed by atoms with Gasteiger partial charge in [0.15, 0.2) is 0 Å². The normalized spacial score (nSPS) is 10.7. The summed E-state index contributed by atoms with van der Waals surface area (Å²) in [5.41, 5.74) is 7.56. The lowest BCUT2D eigenvalue weighted by atomic mass is 10.2. The topological polar surface area (TPSA) is 77.8 Å². The zero-order chi connectivity index (χ0) is 12.5. The van der Waals surface area contributed by atoms with Crippen LogP contribution < -0.4 is 5.73 Å². The minimum atomic E-state index is 0.448. The third-order valence-corrected chi connectivity index (χ3v) is 3.36. The molecule has 0 fully saturated rings. The van der Waals surface area contributed by atoms with Gasteiger partial charge in [-0.25, -0.2) is 0 Å². The molecule has 6 heteroatoms. The average Bonchev–Trinajstić information content (AvgIpc) is 2.97. The number of nitrogen functional groups attached to an aromatic ring is 1. The summed E-state index contributed by atoms with van der Waals surface area (Å²) in [5.74, 6) is 0.985. The molecule has 0 aromatic carbocycles. The molecule has 0 atom stereocenters. The number of pyridine rings is 1. The summed E-state index contributed by atoms with van der Waals surface area (Å²) in [7, 11) is 0. The fraction of sp³-hybridized carbons (Fsp3) is 0.0833. The maximum Gasteiger partial charge on any atom is 0.261 e. The molecule has 0 radical (unpaired) electrons. The predicted octanol–water partition coefficient (Wildman–Crippen LogP) is 2.75. The summed E-state index contributed by atoms with van der Waals surface area (Å²) in [6, 6.07) is 5.61. The Bertz CT molecular complexity index is 674. The molecule has 0 saturated heterocycles. The van der Waals surface area contributed by atoms with E-state index in [0.29, 0.717) is 16.7 Å². The molecule has 0 saturated carbocycles. The summed E-state index contributed by atoms with van der Waals surface area (Å²) in [5, 5.41) is 4.64. The summed E-state index contributed by atoms with van der Waals surface area (Å²) in [6.07, 6.45) is 3.38. The Hall–Kier alpha value is -2.21. The Balaban J connectivity index is 2.02. The summed E-state index contributed by atoms with van der Waals surface area (Å²) in [4.78, 5) is 9.41. The first-order valence-corrected chi connectivity index (χ1v) is 6.16. The molecular weight excluding hydrogens is 248 g/mol. The van der Waals surface area contributed by atoms with E-state index in [4.69, 9.17) is 10.3 Å². The first-order valence-electron chi connectivity index (χ1n) is 5.34. The van der Waals surface area contributed by atoms with E-state index < -0.39 is 0 Å². The van der Waals surface area contributed by atoms with Crippen LogP contribution in [0.5, 0.6) is 0 Å². The van der Waals surface area contributed by atoms with Crippen LogP contribution in [-0.4, -0.2) is 15.1 Å². The highest BCUT2D eigenvalue weighted by Gasteiger charge is 2.14. The van der Waals surface area contributed by atoms with E-state index in [1.54, 1.807) is 12.4 Å². The third-order valence-electron chi connectivity index (χ3n) is 2.48. The van der Waals surface area contributed by atoms with Crippen molar-refractivity contribution in [2.45, 2.75) is 6.92 Å². The molecule has 3 heterocycles. The lowest BCUT2D eigenvalue weighted by molar-refractivity contribution is 0.432. The van der Waals surface area contributed by atoms with Gasteiger partial charge in [-0.2, -0.15) is 4.98 Å². The maximum atomic E-state index is 5.90. The maximum absolute atomic E-state index is 5.90. The largest absolute Gasteiger partial charge is 0.390 e. The van der Waals surface area contributed by atoms with Crippen LogP contribution in [-0.2, 0) is 0 Å². The number of thiophene rings is 1. The minimum absolute atomic E-state index is 0.448. The molecule has 0 bridgehead atoms. The van der Waals surface area contributed by atoms with Crippen molar-refractivity contribution < 1.29 is 4.52 Å². The number of anilines is 1. The molecule has 0 unspecified atom stereocenters. The van der Waals surface area contributed by atoms with Crippen LogP contribution in [0.15, 0.2) is 35.1 Å². The number of nitrogens with zero attached hydrogens (tertiary/aromatic N) is 3. The van der Waals surface area contributed by atoms with Gasteiger partial charge in [0.05, 0.1) is 10.6 Å². The van der Waals surface area contributed by atoms with Crippen LogP contribution in [0.3, 0.4) is 0 Å². The molecule has 18 heavy (non-hydrogen) atoms. The van der Waals surface area contributed by atoms with E-state index in [-0.39, 0.29) is 0 Å². The van der Waals surface area contributed by atoms with E-state index >= 15 is 0 Å². The lowest BCUT2D eigenvalue weighted by Crippen LogP contribution is -1.84. The Morgan fingerprint density at radius 2 is 2.06 bits per heavy atom. The van der Waals surface area contributed by atoms with Gasteiger partial charge < -0.3 is 10.3 Å². The van der Waals surface area contributed by atoms with Gasteiger partial charge in [-0.05, 0) is 25.1 Å². The Morgan fingerprint density at radius 1 is 1.28 bits per heavy atom. The van der Waals surface area contributed by atoms with E-state index in [9.17, 15) is 0 Å². The van der Waals surface area contributed by atoms with Crippen LogP contribution >= 0.6 is 11.3 Å². The number of aromatic nitrogens is 3. The zero-order valence-electron chi connectivity index (χ0n) is 9.62. The number of hydrogen-bond acceptors (Lipinski definition) is 6. The molecule has 0 aliphatic heterocycles. The molecular formula is C12H10N4OS. The Labute approximate surface area is 107 Å². The second kappa shape index (κ2) is 4.23. The van der Waals surface area contributed by atoms with E-state index in [0.717, 1.165) is 16.0 Å². The van der Waals surface area contributed by atoms with Crippen molar-refractivity contribution in [1.29, 1.82) is 0 Å². The smallest absolute Gasteiger partial charge is 0.261 e. The SMILES string of the molecule is Cc1cc(-c2nc(-c3ccncc3)no2)c(N)s1. The van der Waals surface area contributed by atoms with Gasteiger partial charge in [0, 0.05) is 22.8 Å². The van der Waals surface area contributed by atoms with Crippen molar-refractivity contribution >= 4 is 16.3 Å². The van der Waals surface area contributed by atoms with Gasteiger partial charge >= 0.3 is 0 Å². The summed E-state index contributed by atoms with van der Waals surface area (Å²) in [6.45, 7) is 1.99. The minimum Gasteiger partial charge on any atom is -0.390 e. The Kier molecular flexibility index (Phi) is 2.56. The number of aryl methyl sites for hydroxylation is 1. The first kappa shape index (κ1) is 10.9. The van der Waals surface area contributed by atoms with Crippen molar-refractivity contribution in [3.05, 3.63) is 35.5 Å². The second-order valence-corrected chi connectivity index (χ2v) is 5.08. The molecule has 5 nitrogen and oxygen atoms in total. The van der Waals surface area contributed by atoms with Crippen molar-refractivity contribution in [3.8, 4) is 22.8 Å². The summed E-state index contributed by atoms with van der Waals surface area (Å²) < 4.78 is 5.24. The van der Waals surface area contributed by atoms with Crippen LogP contribution in [0, 0.1) is 6.92 Å². The number of rotatable bonds is 2. The highest BCUT2D eigenvalue weighted by Crippen LogP contribution is 2.33. The average molecular weight is 258 g/mol. The van der Waals surface area contributed by atoms with Crippen molar-refractivity contribution in [2.75, 3.05) is 5.73 Å².